The summed E-state index contributed by atoms with van der Waals surface area (Å²) in [5.41, 5.74) is 2.58. The third-order valence-corrected chi connectivity index (χ3v) is 7.57. The molecule has 2 aliphatic heterocycles. The third kappa shape index (κ3) is 3.63. The summed E-state index contributed by atoms with van der Waals surface area (Å²) >= 11 is 0. The SMILES string of the molecule is O=C(NC1CCC2CCN(c3cc(=O)n4ccccc4n3)C1C2)c1ccc2c(c1)C(=O)NCC2. The van der Waals surface area contributed by atoms with Crippen molar-refractivity contribution in [3.63, 3.8) is 0 Å². The van der Waals surface area contributed by atoms with Gasteiger partial charge in [0.25, 0.3) is 17.4 Å². The first-order valence-corrected chi connectivity index (χ1v) is 12.0. The highest BCUT2D eigenvalue weighted by atomic mass is 16.2. The maximum atomic E-state index is 13.2. The summed E-state index contributed by atoms with van der Waals surface area (Å²) in [5, 5.41) is 6.08. The number of anilines is 1. The molecule has 2 bridgehead atoms. The Bertz CT molecular complexity index is 1350. The molecule has 2 fully saturated rings. The maximum Gasteiger partial charge on any atom is 0.259 e. The molecule has 0 radical (unpaired) electrons. The van der Waals surface area contributed by atoms with Gasteiger partial charge in [0.2, 0.25) is 0 Å². The first kappa shape index (κ1) is 20.9. The second-order valence-electron chi connectivity index (χ2n) is 9.57. The lowest BCUT2D eigenvalue weighted by molar-refractivity contribution is 0.0901. The van der Waals surface area contributed by atoms with Gasteiger partial charge in [-0.1, -0.05) is 12.1 Å². The highest BCUT2D eigenvalue weighted by Gasteiger charge is 2.39. The van der Waals surface area contributed by atoms with E-state index in [0.717, 1.165) is 44.2 Å². The van der Waals surface area contributed by atoms with Gasteiger partial charge in [-0.25, -0.2) is 4.98 Å². The summed E-state index contributed by atoms with van der Waals surface area (Å²) in [6.07, 6.45) is 6.50. The van der Waals surface area contributed by atoms with E-state index in [0.29, 0.717) is 35.1 Å². The Morgan fingerprint density at radius 1 is 1.09 bits per heavy atom. The van der Waals surface area contributed by atoms with Crippen molar-refractivity contribution in [2.45, 2.75) is 44.2 Å². The van der Waals surface area contributed by atoms with Gasteiger partial charge in [-0.2, -0.15) is 0 Å². The smallest absolute Gasteiger partial charge is 0.259 e. The van der Waals surface area contributed by atoms with Crippen LogP contribution >= 0.6 is 0 Å². The van der Waals surface area contributed by atoms with Gasteiger partial charge in [0.15, 0.2) is 0 Å². The molecule has 2 amide bonds. The topological polar surface area (TPSA) is 95.8 Å². The minimum absolute atomic E-state index is 0.0510. The zero-order chi connectivity index (χ0) is 23.2. The Hall–Kier alpha value is -3.68. The fraction of sp³-hybridized carbons (Fsp3) is 0.385. The fourth-order valence-electron chi connectivity index (χ4n) is 5.77. The van der Waals surface area contributed by atoms with E-state index < -0.39 is 0 Å². The Morgan fingerprint density at radius 3 is 2.91 bits per heavy atom. The molecule has 2 aromatic heterocycles. The van der Waals surface area contributed by atoms with Crippen LogP contribution in [0.3, 0.4) is 0 Å². The van der Waals surface area contributed by atoms with Crippen molar-refractivity contribution < 1.29 is 9.59 Å². The standard InChI is InChI=1S/C26H27N5O3/c32-24-15-23(29-22-3-1-2-11-31(22)24)30-12-9-16-4-7-20(21(30)13-16)28-25(33)18-6-5-17-8-10-27-26(34)19(17)14-18/h1-3,5-6,11,14-16,20-21H,4,7-10,12-13H2,(H,27,34)(H,28,33). The fourth-order valence-corrected chi connectivity index (χ4v) is 5.77. The zero-order valence-electron chi connectivity index (χ0n) is 18.9. The molecule has 174 valence electrons. The molecule has 3 aromatic rings. The molecule has 3 unspecified atom stereocenters. The number of fused-ring (bicyclic) bond motifs is 4. The lowest BCUT2D eigenvalue weighted by atomic mass is 9.76. The van der Waals surface area contributed by atoms with Crippen LogP contribution in [0.15, 0.2) is 53.5 Å². The molecule has 1 saturated heterocycles. The molecule has 3 aliphatic rings. The number of pyridine rings is 1. The monoisotopic (exact) mass is 457 g/mol. The van der Waals surface area contributed by atoms with Crippen molar-refractivity contribution in [1.29, 1.82) is 0 Å². The van der Waals surface area contributed by atoms with Gasteiger partial charge in [-0.15, -0.1) is 0 Å². The quantitative estimate of drug-likeness (QED) is 0.629. The number of nitrogens with one attached hydrogen (secondary N) is 2. The van der Waals surface area contributed by atoms with Crippen molar-refractivity contribution >= 4 is 23.3 Å². The number of carbonyl (C=O) groups excluding carboxylic acids is 2. The summed E-state index contributed by atoms with van der Waals surface area (Å²) in [6.45, 7) is 1.45. The van der Waals surface area contributed by atoms with Crippen LogP contribution in [0.4, 0.5) is 5.82 Å². The number of benzene rings is 1. The summed E-state index contributed by atoms with van der Waals surface area (Å²) < 4.78 is 1.54. The Labute approximate surface area is 197 Å². The zero-order valence-corrected chi connectivity index (χ0v) is 18.9. The minimum atomic E-state index is -0.165. The number of piperidine rings is 1. The van der Waals surface area contributed by atoms with Gasteiger partial charge < -0.3 is 15.5 Å². The van der Waals surface area contributed by atoms with Crippen molar-refractivity contribution in [2.75, 3.05) is 18.0 Å². The van der Waals surface area contributed by atoms with Crippen LogP contribution in [0.25, 0.3) is 5.65 Å². The van der Waals surface area contributed by atoms with E-state index >= 15 is 0 Å². The van der Waals surface area contributed by atoms with E-state index in [2.05, 4.69) is 15.5 Å². The molecule has 1 aromatic carbocycles. The average Bonchev–Trinajstić information content (AvgIpc) is 2.86. The molecule has 3 atom stereocenters. The second-order valence-corrected chi connectivity index (χ2v) is 9.57. The Morgan fingerprint density at radius 2 is 2.00 bits per heavy atom. The van der Waals surface area contributed by atoms with Crippen LogP contribution in [0.5, 0.6) is 0 Å². The summed E-state index contributed by atoms with van der Waals surface area (Å²) in [7, 11) is 0. The number of hydrogen-bond donors (Lipinski definition) is 2. The predicted octanol–water partition coefficient (Wildman–Crippen LogP) is 2.16. The van der Waals surface area contributed by atoms with Gasteiger partial charge in [-0.05, 0) is 67.9 Å². The predicted molar refractivity (Wildman–Crippen MR) is 128 cm³/mol. The summed E-state index contributed by atoms with van der Waals surface area (Å²) in [5.74, 6) is 1.01. The molecular weight excluding hydrogens is 430 g/mol. The van der Waals surface area contributed by atoms with E-state index in [9.17, 15) is 14.4 Å². The van der Waals surface area contributed by atoms with E-state index in [-0.39, 0.29) is 29.5 Å². The largest absolute Gasteiger partial charge is 0.352 e. The van der Waals surface area contributed by atoms with E-state index in [1.807, 2.05) is 30.3 Å². The molecule has 1 saturated carbocycles. The van der Waals surface area contributed by atoms with Gasteiger partial charge in [0, 0.05) is 42.5 Å². The molecule has 8 nitrogen and oxygen atoms in total. The van der Waals surface area contributed by atoms with Crippen molar-refractivity contribution in [3.05, 3.63) is 75.7 Å². The highest BCUT2D eigenvalue weighted by molar-refractivity contribution is 6.01. The molecule has 4 heterocycles. The van der Waals surface area contributed by atoms with Crippen LogP contribution in [0.2, 0.25) is 0 Å². The van der Waals surface area contributed by atoms with E-state index in [4.69, 9.17) is 4.98 Å². The van der Waals surface area contributed by atoms with Crippen LogP contribution in [-0.4, -0.2) is 46.4 Å². The molecule has 2 N–H and O–H groups in total. The van der Waals surface area contributed by atoms with Gasteiger partial charge in [-0.3, -0.25) is 18.8 Å². The van der Waals surface area contributed by atoms with Crippen LogP contribution in [-0.2, 0) is 6.42 Å². The number of nitrogens with zero attached hydrogens (tertiary/aromatic N) is 3. The third-order valence-electron chi connectivity index (χ3n) is 7.57. The number of rotatable bonds is 3. The first-order chi connectivity index (χ1) is 16.6. The van der Waals surface area contributed by atoms with E-state index in [1.54, 1.807) is 22.7 Å². The van der Waals surface area contributed by atoms with E-state index in [1.165, 1.54) is 0 Å². The van der Waals surface area contributed by atoms with Gasteiger partial charge in [0.1, 0.15) is 11.5 Å². The summed E-state index contributed by atoms with van der Waals surface area (Å²) in [6, 6.07) is 12.6. The molecule has 8 heteroatoms. The van der Waals surface area contributed by atoms with Crippen molar-refractivity contribution in [3.8, 4) is 0 Å². The Balaban J connectivity index is 1.27. The number of aromatic nitrogens is 2. The first-order valence-electron chi connectivity index (χ1n) is 12.0. The minimum Gasteiger partial charge on any atom is -0.352 e. The second kappa shape index (κ2) is 8.27. The van der Waals surface area contributed by atoms with Crippen LogP contribution < -0.4 is 21.1 Å². The molecule has 6 rings (SSSR count). The lowest BCUT2D eigenvalue weighted by Gasteiger charge is -2.48. The summed E-state index contributed by atoms with van der Waals surface area (Å²) in [4.78, 5) is 45.1. The highest BCUT2D eigenvalue weighted by Crippen LogP contribution is 2.37. The maximum absolute atomic E-state index is 13.2. The lowest BCUT2D eigenvalue weighted by Crippen LogP contribution is -2.58. The van der Waals surface area contributed by atoms with Crippen molar-refractivity contribution in [1.82, 2.24) is 20.0 Å². The van der Waals surface area contributed by atoms with Crippen LogP contribution in [0, 0.1) is 5.92 Å². The van der Waals surface area contributed by atoms with Gasteiger partial charge >= 0.3 is 0 Å². The number of amides is 2. The Kier molecular flexibility index (Phi) is 5.08. The molecule has 34 heavy (non-hydrogen) atoms. The number of carbonyl (C=O) groups is 2. The molecular formula is C26H27N5O3. The molecule has 0 spiro atoms. The number of hydrogen-bond acceptors (Lipinski definition) is 5. The van der Waals surface area contributed by atoms with Gasteiger partial charge in [0.05, 0.1) is 6.04 Å². The normalized spacial score (nSPS) is 23.8. The average molecular weight is 458 g/mol. The van der Waals surface area contributed by atoms with Crippen molar-refractivity contribution in [2.24, 2.45) is 5.92 Å². The van der Waals surface area contributed by atoms with Crippen LogP contribution in [0.1, 0.15) is 52.0 Å². The molecule has 1 aliphatic carbocycles.